The second-order valence-electron chi connectivity index (χ2n) is 6.80. The lowest BCUT2D eigenvalue weighted by Gasteiger charge is -2.34. The van der Waals surface area contributed by atoms with Crippen molar-refractivity contribution in [1.29, 1.82) is 0 Å². The molecule has 9 nitrogen and oxygen atoms in total. The van der Waals surface area contributed by atoms with Gasteiger partial charge in [-0.05, 0) is 13.8 Å². The van der Waals surface area contributed by atoms with Gasteiger partial charge in [0.2, 0.25) is 0 Å². The molecule has 1 N–H and O–H groups in total. The molecule has 1 saturated heterocycles. The molecule has 1 fully saturated rings. The lowest BCUT2D eigenvalue weighted by molar-refractivity contribution is -0.137. The Morgan fingerprint density at radius 3 is 2.52 bits per heavy atom. The number of hydrogen-bond acceptors (Lipinski definition) is 5. The Kier molecular flexibility index (Phi) is 5.90. The van der Waals surface area contributed by atoms with Gasteiger partial charge in [-0.3, -0.25) is 23.9 Å². The Hall–Kier alpha value is -2.68. The molecule has 0 unspecified atom stereocenters. The highest BCUT2D eigenvalue weighted by Crippen LogP contribution is 2.13. The molecule has 1 aliphatic rings. The molecule has 0 bridgehead atoms. The first-order chi connectivity index (χ1) is 13.0. The van der Waals surface area contributed by atoms with Crippen molar-refractivity contribution >= 4 is 11.9 Å². The summed E-state index contributed by atoms with van der Waals surface area (Å²) < 4.78 is 3.46. The van der Waals surface area contributed by atoms with E-state index in [9.17, 15) is 9.59 Å². The molecule has 1 aliphatic heterocycles. The second kappa shape index (κ2) is 8.34. The maximum absolute atomic E-state index is 12.6. The monoisotopic (exact) mass is 374 g/mol. The second-order valence-corrected chi connectivity index (χ2v) is 6.80. The third kappa shape index (κ3) is 4.73. The molecular formula is C18H26N6O3. The van der Waals surface area contributed by atoms with Crippen LogP contribution in [0.5, 0.6) is 0 Å². The van der Waals surface area contributed by atoms with Gasteiger partial charge < -0.3 is 10.0 Å². The van der Waals surface area contributed by atoms with Crippen LogP contribution in [0.3, 0.4) is 0 Å². The molecule has 9 heteroatoms. The summed E-state index contributed by atoms with van der Waals surface area (Å²) >= 11 is 0. The number of carboxylic acids is 1. The summed E-state index contributed by atoms with van der Waals surface area (Å²) in [5.74, 6) is -0.930. The predicted octanol–water partition coefficient (Wildman–Crippen LogP) is 0.841. The first-order valence-electron chi connectivity index (χ1n) is 9.25. The predicted molar refractivity (Wildman–Crippen MR) is 98.3 cm³/mol. The summed E-state index contributed by atoms with van der Waals surface area (Å²) in [4.78, 5) is 27.4. The summed E-state index contributed by atoms with van der Waals surface area (Å²) in [5.41, 5.74) is 2.80. The number of carbonyl (C=O) groups excluding carboxylic acids is 1. The van der Waals surface area contributed by atoms with Crippen molar-refractivity contribution in [3.63, 3.8) is 0 Å². The first kappa shape index (κ1) is 19.1. The number of aromatic nitrogens is 4. The summed E-state index contributed by atoms with van der Waals surface area (Å²) in [7, 11) is 0. The zero-order valence-corrected chi connectivity index (χ0v) is 15.8. The molecule has 2 aromatic heterocycles. The molecule has 1 amide bonds. The van der Waals surface area contributed by atoms with Crippen LogP contribution in [0.15, 0.2) is 18.6 Å². The summed E-state index contributed by atoms with van der Waals surface area (Å²) in [6.45, 7) is 9.05. The van der Waals surface area contributed by atoms with Gasteiger partial charge in [0.25, 0.3) is 5.91 Å². The molecule has 2 aromatic rings. The lowest BCUT2D eigenvalue weighted by atomic mass is 10.2. The van der Waals surface area contributed by atoms with E-state index in [2.05, 4.69) is 28.2 Å². The average Bonchev–Trinajstić information content (AvgIpc) is 3.27. The third-order valence-corrected chi connectivity index (χ3v) is 4.86. The van der Waals surface area contributed by atoms with Crippen LogP contribution in [0.4, 0.5) is 0 Å². The Labute approximate surface area is 158 Å². The molecule has 3 heterocycles. The van der Waals surface area contributed by atoms with Gasteiger partial charge in [0.05, 0.1) is 30.4 Å². The molecule has 0 aliphatic carbocycles. The van der Waals surface area contributed by atoms with Gasteiger partial charge >= 0.3 is 5.97 Å². The maximum Gasteiger partial charge on any atom is 0.305 e. The highest BCUT2D eigenvalue weighted by atomic mass is 16.4. The van der Waals surface area contributed by atoms with Crippen LogP contribution >= 0.6 is 0 Å². The van der Waals surface area contributed by atoms with E-state index in [4.69, 9.17) is 5.11 Å². The molecule has 0 spiro atoms. The fourth-order valence-electron chi connectivity index (χ4n) is 3.22. The Balaban J connectivity index is 1.51. The number of carbonyl (C=O) groups is 2. The van der Waals surface area contributed by atoms with Crippen LogP contribution in [0, 0.1) is 6.92 Å². The molecule has 27 heavy (non-hydrogen) atoms. The minimum Gasteiger partial charge on any atom is -0.481 e. The molecule has 0 saturated carbocycles. The van der Waals surface area contributed by atoms with E-state index in [1.807, 2.05) is 16.5 Å². The van der Waals surface area contributed by atoms with Crippen molar-refractivity contribution < 1.29 is 14.7 Å². The molecule has 0 atom stereocenters. The van der Waals surface area contributed by atoms with Crippen molar-refractivity contribution in [2.24, 2.45) is 0 Å². The number of amides is 1. The summed E-state index contributed by atoms with van der Waals surface area (Å²) in [6.07, 6.45) is 5.22. The SMILES string of the molecule is CCn1cc(CN2CCN(C(=O)c3cnn(CCC(=O)O)c3)CC2)c(C)n1. The van der Waals surface area contributed by atoms with Crippen molar-refractivity contribution in [2.45, 2.75) is 39.9 Å². The normalized spacial score (nSPS) is 15.3. The van der Waals surface area contributed by atoms with Crippen LogP contribution < -0.4 is 0 Å². The van der Waals surface area contributed by atoms with Gasteiger partial charge in [-0.2, -0.15) is 10.2 Å². The van der Waals surface area contributed by atoms with E-state index in [0.717, 1.165) is 31.9 Å². The molecule has 3 rings (SSSR count). The quantitative estimate of drug-likeness (QED) is 0.771. The highest BCUT2D eigenvalue weighted by Gasteiger charge is 2.23. The Bertz CT molecular complexity index is 804. The number of aliphatic carboxylic acids is 1. The van der Waals surface area contributed by atoms with Gasteiger partial charge in [-0.25, -0.2) is 0 Å². The van der Waals surface area contributed by atoms with E-state index in [1.165, 1.54) is 16.4 Å². The van der Waals surface area contributed by atoms with Crippen molar-refractivity contribution in [1.82, 2.24) is 29.4 Å². The minimum absolute atomic E-state index is 0.0119. The van der Waals surface area contributed by atoms with Crippen LogP contribution in [0.1, 0.15) is 35.0 Å². The van der Waals surface area contributed by atoms with Crippen LogP contribution in [0.25, 0.3) is 0 Å². The van der Waals surface area contributed by atoms with Gasteiger partial charge in [-0.1, -0.05) is 0 Å². The fourth-order valence-corrected chi connectivity index (χ4v) is 3.22. The number of nitrogens with zero attached hydrogens (tertiary/aromatic N) is 6. The lowest BCUT2D eigenvalue weighted by Crippen LogP contribution is -2.48. The highest BCUT2D eigenvalue weighted by molar-refractivity contribution is 5.93. The molecular weight excluding hydrogens is 348 g/mol. The van der Waals surface area contributed by atoms with E-state index < -0.39 is 5.97 Å². The van der Waals surface area contributed by atoms with Crippen LogP contribution in [-0.2, 0) is 24.4 Å². The Morgan fingerprint density at radius 1 is 1.15 bits per heavy atom. The van der Waals surface area contributed by atoms with Gasteiger partial charge in [-0.15, -0.1) is 0 Å². The minimum atomic E-state index is -0.880. The van der Waals surface area contributed by atoms with Crippen molar-refractivity contribution in [3.8, 4) is 0 Å². The smallest absolute Gasteiger partial charge is 0.305 e. The van der Waals surface area contributed by atoms with E-state index >= 15 is 0 Å². The van der Waals surface area contributed by atoms with Gasteiger partial charge in [0.15, 0.2) is 0 Å². The van der Waals surface area contributed by atoms with Gasteiger partial charge in [0, 0.05) is 57.2 Å². The first-order valence-corrected chi connectivity index (χ1v) is 9.25. The molecule has 0 radical (unpaired) electrons. The van der Waals surface area contributed by atoms with Gasteiger partial charge in [0.1, 0.15) is 0 Å². The maximum atomic E-state index is 12.6. The average molecular weight is 374 g/mol. The number of hydrogen-bond donors (Lipinski definition) is 1. The third-order valence-electron chi connectivity index (χ3n) is 4.86. The fraction of sp³-hybridized carbons (Fsp3) is 0.556. The van der Waals surface area contributed by atoms with Crippen LogP contribution in [0.2, 0.25) is 0 Å². The largest absolute Gasteiger partial charge is 0.481 e. The van der Waals surface area contributed by atoms with E-state index in [-0.39, 0.29) is 18.9 Å². The summed E-state index contributed by atoms with van der Waals surface area (Å²) in [5, 5.41) is 17.3. The van der Waals surface area contributed by atoms with E-state index in [1.54, 1.807) is 6.20 Å². The van der Waals surface area contributed by atoms with Crippen LogP contribution in [-0.4, -0.2) is 72.5 Å². The topological polar surface area (TPSA) is 96.5 Å². The van der Waals surface area contributed by atoms with E-state index in [0.29, 0.717) is 18.7 Å². The van der Waals surface area contributed by atoms with Crippen molar-refractivity contribution in [3.05, 3.63) is 35.4 Å². The zero-order chi connectivity index (χ0) is 19.4. The summed E-state index contributed by atoms with van der Waals surface area (Å²) in [6, 6.07) is 0. The molecule has 0 aromatic carbocycles. The number of carboxylic acid groups (broad SMARTS) is 1. The number of piperazine rings is 1. The zero-order valence-electron chi connectivity index (χ0n) is 15.8. The standard InChI is InChI=1S/C18H26N6O3/c1-3-23-13-16(14(2)20-23)11-21-6-8-22(9-7-21)18(27)15-10-19-24(12-15)5-4-17(25)26/h10,12-13H,3-9,11H2,1-2H3,(H,25,26). The number of rotatable bonds is 7. The molecule has 146 valence electrons. The Morgan fingerprint density at radius 2 is 1.89 bits per heavy atom. The number of aryl methyl sites for hydroxylation is 3. The van der Waals surface area contributed by atoms with Crippen molar-refractivity contribution in [2.75, 3.05) is 26.2 Å².